The molecule has 2 aromatic carbocycles. The fraction of sp³-hybridized carbons (Fsp3) is 0.300. The van der Waals surface area contributed by atoms with Crippen LogP contribution in [0.1, 0.15) is 11.3 Å². The molecule has 0 saturated heterocycles. The summed E-state index contributed by atoms with van der Waals surface area (Å²) in [5.74, 6) is 1.72. The summed E-state index contributed by atoms with van der Waals surface area (Å²) in [4.78, 5) is 12.3. The van der Waals surface area contributed by atoms with E-state index in [1.54, 1.807) is 7.11 Å². The number of hydrogen-bond acceptors (Lipinski definition) is 5. The Morgan fingerprint density at radius 2 is 2.15 bits per heavy atom. The van der Waals surface area contributed by atoms with Crippen LogP contribution < -0.4 is 14.8 Å². The number of para-hydroxylation sites is 2. The molecule has 1 aliphatic heterocycles. The number of rotatable bonds is 5. The zero-order valence-corrected chi connectivity index (χ0v) is 14.5. The van der Waals surface area contributed by atoms with E-state index in [1.165, 1.54) is 0 Å². The number of methoxy groups -OCH3 is 1. The molecule has 0 unspecified atom stereocenters. The first-order chi connectivity index (χ1) is 12.7. The van der Waals surface area contributed by atoms with Gasteiger partial charge in [0.25, 0.3) is 0 Å². The van der Waals surface area contributed by atoms with Crippen molar-refractivity contribution in [3.05, 3.63) is 53.7 Å². The van der Waals surface area contributed by atoms with E-state index < -0.39 is 0 Å². The SMILES string of the molecule is COc1cccc2c1OC[C@H](CNC(=O)Cc1noc3ccccc13)C2. The normalized spacial score (nSPS) is 16.0. The average molecular weight is 352 g/mol. The van der Waals surface area contributed by atoms with E-state index in [4.69, 9.17) is 14.0 Å². The number of aromatic nitrogens is 1. The number of hydrogen-bond donors (Lipinski definition) is 1. The third-order valence-corrected chi connectivity index (χ3v) is 4.62. The monoisotopic (exact) mass is 352 g/mol. The molecule has 2 heterocycles. The van der Waals surface area contributed by atoms with Crippen LogP contribution in [0, 0.1) is 5.92 Å². The number of nitrogens with one attached hydrogen (secondary N) is 1. The number of carbonyl (C=O) groups is 1. The third kappa shape index (κ3) is 3.22. The van der Waals surface area contributed by atoms with Gasteiger partial charge < -0.3 is 19.3 Å². The largest absolute Gasteiger partial charge is 0.493 e. The van der Waals surface area contributed by atoms with Crippen LogP contribution in [-0.2, 0) is 17.6 Å². The van der Waals surface area contributed by atoms with Crippen molar-refractivity contribution in [1.29, 1.82) is 0 Å². The summed E-state index contributed by atoms with van der Waals surface area (Å²) in [7, 11) is 1.64. The summed E-state index contributed by atoms with van der Waals surface area (Å²) in [6, 6.07) is 13.4. The Hall–Kier alpha value is -3.02. The van der Waals surface area contributed by atoms with Crippen LogP contribution in [0.5, 0.6) is 11.5 Å². The molecule has 0 aliphatic carbocycles. The molecule has 26 heavy (non-hydrogen) atoms. The number of ether oxygens (including phenoxy) is 2. The topological polar surface area (TPSA) is 73.6 Å². The molecule has 1 amide bonds. The van der Waals surface area contributed by atoms with Crippen LogP contribution in [0.4, 0.5) is 0 Å². The zero-order valence-electron chi connectivity index (χ0n) is 14.5. The van der Waals surface area contributed by atoms with Crippen LogP contribution in [-0.4, -0.2) is 31.3 Å². The fourth-order valence-electron chi connectivity index (χ4n) is 3.29. The van der Waals surface area contributed by atoms with Crippen LogP contribution in [0.15, 0.2) is 47.0 Å². The number of nitrogens with zero attached hydrogens (tertiary/aromatic N) is 1. The maximum Gasteiger partial charge on any atom is 0.226 e. The van der Waals surface area contributed by atoms with Gasteiger partial charge in [-0.15, -0.1) is 0 Å². The van der Waals surface area contributed by atoms with Crippen molar-refractivity contribution in [3.8, 4) is 11.5 Å². The van der Waals surface area contributed by atoms with Crippen molar-refractivity contribution >= 4 is 16.9 Å². The van der Waals surface area contributed by atoms with Crippen LogP contribution in [0.2, 0.25) is 0 Å². The molecule has 4 rings (SSSR count). The lowest BCUT2D eigenvalue weighted by Gasteiger charge is -2.26. The molecule has 1 atom stereocenters. The highest BCUT2D eigenvalue weighted by Gasteiger charge is 2.23. The van der Waals surface area contributed by atoms with Crippen molar-refractivity contribution in [1.82, 2.24) is 10.5 Å². The maximum atomic E-state index is 12.3. The number of carbonyl (C=O) groups excluding carboxylic acids is 1. The van der Waals surface area contributed by atoms with Gasteiger partial charge in [-0.1, -0.05) is 29.4 Å². The van der Waals surface area contributed by atoms with E-state index in [0.717, 1.165) is 28.9 Å². The molecule has 1 N–H and O–H groups in total. The van der Waals surface area contributed by atoms with E-state index in [0.29, 0.717) is 24.4 Å². The number of amides is 1. The van der Waals surface area contributed by atoms with E-state index in [-0.39, 0.29) is 18.2 Å². The van der Waals surface area contributed by atoms with Crippen molar-refractivity contribution in [2.45, 2.75) is 12.8 Å². The molecule has 0 saturated carbocycles. The Morgan fingerprint density at radius 3 is 3.04 bits per heavy atom. The first-order valence-corrected chi connectivity index (χ1v) is 8.63. The lowest BCUT2D eigenvalue weighted by atomic mass is 9.96. The Morgan fingerprint density at radius 1 is 1.27 bits per heavy atom. The third-order valence-electron chi connectivity index (χ3n) is 4.62. The predicted molar refractivity (Wildman–Crippen MR) is 96.4 cm³/mol. The molecule has 1 aromatic heterocycles. The first kappa shape index (κ1) is 16.4. The summed E-state index contributed by atoms with van der Waals surface area (Å²) >= 11 is 0. The summed E-state index contributed by atoms with van der Waals surface area (Å²) in [6.45, 7) is 1.12. The van der Waals surface area contributed by atoms with Crippen molar-refractivity contribution < 1.29 is 18.8 Å². The van der Waals surface area contributed by atoms with Gasteiger partial charge in [-0.05, 0) is 30.2 Å². The Kier molecular flexibility index (Phi) is 4.48. The minimum absolute atomic E-state index is 0.0690. The molecular weight excluding hydrogens is 332 g/mol. The Labute approximate surface area is 151 Å². The fourth-order valence-corrected chi connectivity index (χ4v) is 3.29. The lowest BCUT2D eigenvalue weighted by molar-refractivity contribution is -0.120. The van der Waals surface area contributed by atoms with E-state index >= 15 is 0 Å². The van der Waals surface area contributed by atoms with Gasteiger partial charge in [0.2, 0.25) is 5.91 Å². The molecule has 3 aromatic rings. The van der Waals surface area contributed by atoms with Gasteiger partial charge in [0, 0.05) is 17.8 Å². The zero-order chi connectivity index (χ0) is 17.9. The van der Waals surface area contributed by atoms with Gasteiger partial charge >= 0.3 is 0 Å². The standard InChI is InChI=1S/C20H20N2O4/c1-24-18-8-4-5-14-9-13(12-25-20(14)18)11-21-19(23)10-16-15-6-2-3-7-17(15)26-22-16/h2-8,13H,9-12H2,1H3,(H,21,23)/t13-/m0/s1. The van der Waals surface area contributed by atoms with E-state index in [1.807, 2.05) is 42.5 Å². The van der Waals surface area contributed by atoms with Gasteiger partial charge in [0.15, 0.2) is 17.1 Å². The maximum absolute atomic E-state index is 12.3. The second-order valence-corrected chi connectivity index (χ2v) is 6.44. The highest BCUT2D eigenvalue weighted by molar-refractivity contribution is 5.86. The predicted octanol–water partition coefficient (Wildman–Crippen LogP) is 2.75. The quantitative estimate of drug-likeness (QED) is 0.764. The summed E-state index contributed by atoms with van der Waals surface area (Å²) in [5, 5.41) is 7.87. The van der Waals surface area contributed by atoms with Gasteiger partial charge in [0.1, 0.15) is 5.69 Å². The molecule has 1 aliphatic rings. The molecule has 0 bridgehead atoms. The Bertz CT molecular complexity index is 934. The van der Waals surface area contributed by atoms with Crippen molar-refractivity contribution in [2.75, 3.05) is 20.3 Å². The molecule has 0 radical (unpaired) electrons. The van der Waals surface area contributed by atoms with Crippen LogP contribution in [0.25, 0.3) is 11.0 Å². The number of fused-ring (bicyclic) bond motifs is 2. The van der Waals surface area contributed by atoms with E-state index in [2.05, 4.69) is 10.5 Å². The summed E-state index contributed by atoms with van der Waals surface area (Å²) in [5.41, 5.74) is 2.46. The van der Waals surface area contributed by atoms with Gasteiger partial charge in [-0.2, -0.15) is 0 Å². The smallest absolute Gasteiger partial charge is 0.226 e. The van der Waals surface area contributed by atoms with Crippen molar-refractivity contribution in [3.63, 3.8) is 0 Å². The minimum atomic E-state index is -0.0690. The first-order valence-electron chi connectivity index (χ1n) is 8.63. The highest BCUT2D eigenvalue weighted by atomic mass is 16.5. The molecule has 6 heteroatoms. The number of benzene rings is 2. The van der Waals surface area contributed by atoms with Crippen LogP contribution >= 0.6 is 0 Å². The van der Waals surface area contributed by atoms with E-state index in [9.17, 15) is 4.79 Å². The molecule has 6 nitrogen and oxygen atoms in total. The highest BCUT2D eigenvalue weighted by Crippen LogP contribution is 2.35. The lowest BCUT2D eigenvalue weighted by Crippen LogP contribution is -2.35. The second-order valence-electron chi connectivity index (χ2n) is 6.44. The minimum Gasteiger partial charge on any atom is -0.493 e. The summed E-state index contributed by atoms with van der Waals surface area (Å²) < 4.78 is 16.4. The van der Waals surface area contributed by atoms with Gasteiger partial charge in [-0.25, -0.2) is 0 Å². The molecule has 0 fully saturated rings. The molecule has 0 spiro atoms. The van der Waals surface area contributed by atoms with Gasteiger partial charge in [-0.3, -0.25) is 4.79 Å². The Balaban J connectivity index is 1.35. The summed E-state index contributed by atoms with van der Waals surface area (Å²) in [6.07, 6.45) is 1.05. The van der Waals surface area contributed by atoms with Gasteiger partial charge in [0.05, 0.1) is 20.1 Å². The van der Waals surface area contributed by atoms with Crippen LogP contribution in [0.3, 0.4) is 0 Å². The van der Waals surface area contributed by atoms with Crippen molar-refractivity contribution in [2.24, 2.45) is 5.92 Å². The average Bonchev–Trinajstić information content (AvgIpc) is 3.08. The molecule has 134 valence electrons. The molecular formula is C20H20N2O4. The second kappa shape index (κ2) is 7.07.